The van der Waals surface area contributed by atoms with Crippen LogP contribution in [0.5, 0.6) is 0 Å². The zero-order chi connectivity index (χ0) is 23.1. The summed E-state index contributed by atoms with van der Waals surface area (Å²) in [6.45, 7) is 7.71. The second-order valence-electron chi connectivity index (χ2n) is 10.1. The van der Waals surface area contributed by atoms with Crippen molar-refractivity contribution in [2.75, 3.05) is 6.61 Å². The summed E-state index contributed by atoms with van der Waals surface area (Å²) in [5.41, 5.74) is -0.474. The summed E-state index contributed by atoms with van der Waals surface area (Å²) in [4.78, 5) is 24.9. The molecule has 4 rings (SSSR count). The fraction of sp³-hybridized carbons (Fsp3) is 0.615. The van der Waals surface area contributed by atoms with Crippen LogP contribution in [0.3, 0.4) is 0 Å². The third-order valence-corrected chi connectivity index (χ3v) is 8.01. The number of aliphatic hydroxyl groups excluding tert-OH is 1. The molecule has 1 aromatic rings. The van der Waals surface area contributed by atoms with Crippen LogP contribution in [0.15, 0.2) is 36.4 Å². The van der Waals surface area contributed by atoms with E-state index in [1.54, 1.807) is 6.08 Å². The van der Waals surface area contributed by atoms with Crippen LogP contribution in [-0.2, 0) is 23.8 Å². The van der Waals surface area contributed by atoms with E-state index in [1.807, 2.05) is 37.3 Å². The average Bonchev–Trinajstić information content (AvgIpc) is 3.28. The first-order valence-corrected chi connectivity index (χ1v) is 11.7. The van der Waals surface area contributed by atoms with Gasteiger partial charge in [0.25, 0.3) is 0 Å². The van der Waals surface area contributed by atoms with Crippen LogP contribution in [0.25, 0.3) is 6.08 Å². The number of benzene rings is 1. The number of esters is 2. The lowest BCUT2D eigenvalue weighted by atomic mass is 9.69. The van der Waals surface area contributed by atoms with Gasteiger partial charge in [-0.3, -0.25) is 0 Å². The predicted octanol–water partition coefficient (Wildman–Crippen LogP) is 3.77. The van der Waals surface area contributed by atoms with Crippen molar-refractivity contribution < 1.29 is 28.9 Å². The van der Waals surface area contributed by atoms with Gasteiger partial charge in [0.15, 0.2) is 0 Å². The third kappa shape index (κ3) is 3.77. The normalized spacial score (nSPS) is 38.1. The van der Waals surface area contributed by atoms with E-state index in [0.717, 1.165) is 18.4 Å². The van der Waals surface area contributed by atoms with Crippen molar-refractivity contribution in [3.63, 3.8) is 0 Å². The number of fused-ring (bicyclic) bond motifs is 4. The Morgan fingerprint density at radius 3 is 2.59 bits per heavy atom. The molecular formula is C26H34O6. The average molecular weight is 443 g/mol. The Labute approximate surface area is 189 Å². The lowest BCUT2D eigenvalue weighted by Gasteiger charge is -2.52. The van der Waals surface area contributed by atoms with E-state index in [4.69, 9.17) is 14.2 Å². The summed E-state index contributed by atoms with van der Waals surface area (Å²) in [7, 11) is 0. The first kappa shape index (κ1) is 23.0. The highest BCUT2D eigenvalue weighted by Crippen LogP contribution is 2.63. The monoisotopic (exact) mass is 442 g/mol. The number of ether oxygens (including phenoxy) is 3. The molecule has 2 saturated heterocycles. The van der Waals surface area contributed by atoms with Crippen LogP contribution in [0, 0.1) is 23.7 Å². The molecule has 6 nitrogen and oxygen atoms in total. The number of hydrogen-bond acceptors (Lipinski definition) is 6. The zero-order valence-electron chi connectivity index (χ0n) is 19.3. The lowest BCUT2D eigenvalue weighted by molar-refractivity contribution is -0.264. The highest BCUT2D eigenvalue weighted by atomic mass is 16.6. The van der Waals surface area contributed by atoms with Crippen LogP contribution in [0.2, 0.25) is 0 Å². The largest absolute Gasteiger partial charge is 0.457 e. The fourth-order valence-electron chi connectivity index (χ4n) is 6.33. The molecule has 0 aromatic heterocycles. The Kier molecular flexibility index (Phi) is 6.21. The molecule has 174 valence electrons. The van der Waals surface area contributed by atoms with Crippen molar-refractivity contribution in [2.45, 2.75) is 70.4 Å². The Morgan fingerprint density at radius 2 is 1.94 bits per heavy atom. The van der Waals surface area contributed by atoms with Crippen molar-refractivity contribution >= 4 is 18.0 Å². The third-order valence-electron chi connectivity index (χ3n) is 8.01. The summed E-state index contributed by atoms with van der Waals surface area (Å²) in [5, 5.41) is 9.25. The molecule has 3 aliphatic rings. The molecule has 1 aromatic carbocycles. The van der Waals surface area contributed by atoms with Gasteiger partial charge in [-0.25, -0.2) is 9.59 Å². The summed E-state index contributed by atoms with van der Waals surface area (Å²) >= 11 is 0. The van der Waals surface area contributed by atoms with E-state index >= 15 is 0 Å². The van der Waals surface area contributed by atoms with Gasteiger partial charge in [-0.1, -0.05) is 51.1 Å². The van der Waals surface area contributed by atoms with Crippen molar-refractivity contribution in [3.8, 4) is 0 Å². The Morgan fingerprint density at radius 1 is 1.22 bits per heavy atom. The minimum absolute atomic E-state index is 0.0457. The van der Waals surface area contributed by atoms with Crippen molar-refractivity contribution in [1.29, 1.82) is 0 Å². The van der Waals surface area contributed by atoms with Crippen LogP contribution in [0.4, 0.5) is 0 Å². The number of rotatable bonds is 6. The standard InChI is InChI=1S/C26H34O6/c1-16(2)26-14-20(30-22(29)15-27)25(4,32-26)19-12-10-17(3)23(19)24(26)31-21(28)13-11-18-8-6-5-7-9-18/h5-9,11,13,16-17,19-20,23-24,27H,10,12,14-15H2,1-4H3/b13-11+/t17-,19-,20-,23-,24+,25-,26+/m1/s1. The molecule has 6 heteroatoms. The smallest absolute Gasteiger partial charge is 0.332 e. The second kappa shape index (κ2) is 8.64. The Hall–Kier alpha value is -2.18. The van der Waals surface area contributed by atoms with Crippen molar-refractivity contribution in [3.05, 3.63) is 42.0 Å². The van der Waals surface area contributed by atoms with E-state index < -0.39 is 36.0 Å². The van der Waals surface area contributed by atoms with Crippen LogP contribution >= 0.6 is 0 Å². The van der Waals surface area contributed by atoms with Gasteiger partial charge in [0, 0.05) is 18.4 Å². The van der Waals surface area contributed by atoms with Crippen molar-refractivity contribution in [1.82, 2.24) is 0 Å². The molecule has 2 heterocycles. The second-order valence-corrected chi connectivity index (χ2v) is 10.1. The van der Waals surface area contributed by atoms with Crippen LogP contribution < -0.4 is 0 Å². The minimum Gasteiger partial charge on any atom is -0.457 e. The quantitative estimate of drug-likeness (QED) is 0.534. The predicted molar refractivity (Wildman–Crippen MR) is 119 cm³/mol. The number of carbonyl (C=O) groups is 2. The molecule has 1 N–H and O–H groups in total. The van der Waals surface area contributed by atoms with E-state index in [0.29, 0.717) is 12.3 Å². The van der Waals surface area contributed by atoms with E-state index in [1.165, 1.54) is 6.08 Å². The van der Waals surface area contributed by atoms with Crippen LogP contribution in [-0.4, -0.2) is 47.1 Å². The molecule has 2 aliphatic heterocycles. The van der Waals surface area contributed by atoms with Crippen LogP contribution in [0.1, 0.15) is 52.5 Å². The van der Waals surface area contributed by atoms with Gasteiger partial charge >= 0.3 is 11.9 Å². The first-order chi connectivity index (χ1) is 15.2. The fourth-order valence-corrected chi connectivity index (χ4v) is 6.33. The molecule has 0 radical (unpaired) electrons. The molecule has 0 spiro atoms. The maximum absolute atomic E-state index is 12.9. The minimum atomic E-state index is -0.745. The molecule has 2 bridgehead atoms. The van der Waals surface area contributed by atoms with Gasteiger partial charge in [-0.15, -0.1) is 0 Å². The molecule has 0 unspecified atom stereocenters. The van der Waals surface area contributed by atoms with E-state index in [2.05, 4.69) is 20.8 Å². The molecule has 0 amide bonds. The van der Waals surface area contributed by atoms with Crippen molar-refractivity contribution in [2.24, 2.45) is 23.7 Å². The number of hydrogen-bond donors (Lipinski definition) is 1. The van der Waals surface area contributed by atoms with Gasteiger partial charge in [0.2, 0.25) is 0 Å². The molecule has 3 fully saturated rings. The summed E-state index contributed by atoms with van der Waals surface area (Å²) in [6, 6.07) is 9.64. The number of aliphatic hydroxyl groups is 1. The van der Waals surface area contributed by atoms with Gasteiger partial charge in [0.05, 0.1) is 0 Å². The van der Waals surface area contributed by atoms with Gasteiger partial charge in [-0.2, -0.15) is 0 Å². The SMILES string of the molecule is CC(C)[C@]12C[C@@H](OC(=O)CO)[C@](C)(O1)[C@@H]1CC[C@@H](C)[C@H]1[C@@H]2OC(=O)/C=C/c1ccccc1. The molecule has 32 heavy (non-hydrogen) atoms. The zero-order valence-corrected chi connectivity index (χ0v) is 19.3. The highest BCUT2D eigenvalue weighted by molar-refractivity contribution is 5.87. The maximum atomic E-state index is 12.9. The summed E-state index contributed by atoms with van der Waals surface area (Å²) in [5.74, 6) is -0.385. The van der Waals surface area contributed by atoms with E-state index in [-0.39, 0.29) is 23.7 Å². The molecule has 1 aliphatic carbocycles. The molecular weight excluding hydrogens is 408 g/mol. The summed E-state index contributed by atoms with van der Waals surface area (Å²) < 4.78 is 18.6. The van der Waals surface area contributed by atoms with Gasteiger partial charge < -0.3 is 19.3 Å². The first-order valence-electron chi connectivity index (χ1n) is 11.7. The topological polar surface area (TPSA) is 82.1 Å². The molecule has 7 atom stereocenters. The maximum Gasteiger partial charge on any atom is 0.332 e. The van der Waals surface area contributed by atoms with E-state index in [9.17, 15) is 14.7 Å². The highest BCUT2D eigenvalue weighted by Gasteiger charge is 2.72. The Bertz CT molecular complexity index is 880. The van der Waals surface area contributed by atoms with Gasteiger partial charge in [-0.05, 0) is 49.2 Å². The number of carbonyl (C=O) groups excluding carboxylic acids is 2. The molecule has 1 saturated carbocycles. The summed E-state index contributed by atoms with van der Waals surface area (Å²) in [6.07, 6.45) is 4.72. The van der Waals surface area contributed by atoms with Gasteiger partial charge in [0.1, 0.15) is 30.0 Å². The Balaban J connectivity index is 1.65. The lowest BCUT2D eigenvalue weighted by Crippen LogP contribution is -2.62.